The molecule has 0 unspecified atom stereocenters. The van der Waals surface area contributed by atoms with E-state index in [9.17, 15) is 8.78 Å². The van der Waals surface area contributed by atoms with E-state index in [0.29, 0.717) is 31.7 Å². The molecule has 0 aromatic heterocycles. The molecule has 2 N–H and O–H groups in total. The third-order valence-electron chi connectivity index (χ3n) is 2.94. The van der Waals surface area contributed by atoms with Crippen molar-refractivity contribution in [2.24, 2.45) is 5.73 Å². The molecule has 100 valence electrons. The molecule has 1 fully saturated rings. The molecule has 0 aliphatic carbocycles. The maximum absolute atomic E-state index is 13.9. The zero-order valence-corrected chi connectivity index (χ0v) is 10.9. The summed E-state index contributed by atoms with van der Waals surface area (Å²) in [6, 6.07) is 2.77. The summed E-state index contributed by atoms with van der Waals surface area (Å²) in [5.74, 6) is -0.954. The highest BCUT2D eigenvalue weighted by atomic mass is 32.2. The number of rotatable bonds is 4. The van der Waals surface area contributed by atoms with Gasteiger partial charge in [-0.3, -0.25) is 0 Å². The van der Waals surface area contributed by atoms with Crippen molar-refractivity contribution in [2.75, 3.05) is 19.8 Å². The Balaban J connectivity index is 2.11. The van der Waals surface area contributed by atoms with Gasteiger partial charge < -0.3 is 10.5 Å². The molecule has 1 heterocycles. The van der Waals surface area contributed by atoms with Gasteiger partial charge in [0, 0.05) is 18.5 Å². The average Bonchev–Trinajstić information content (AvgIpc) is 2.36. The van der Waals surface area contributed by atoms with Crippen LogP contribution in [0.2, 0.25) is 0 Å². The summed E-state index contributed by atoms with van der Waals surface area (Å²) in [6.45, 7) is 1.74. The summed E-state index contributed by atoms with van der Waals surface area (Å²) in [4.78, 5) is 0.127. The third-order valence-corrected chi connectivity index (χ3v) is 4.37. The van der Waals surface area contributed by atoms with Gasteiger partial charge in [-0.2, -0.15) is 0 Å². The molecule has 0 radical (unpaired) electrons. The molecule has 0 spiro atoms. The third kappa shape index (κ3) is 3.43. The fourth-order valence-corrected chi connectivity index (χ4v) is 3.10. The summed E-state index contributed by atoms with van der Waals surface area (Å²) in [5.41, 5.74) is 6.00. The second kappa shape index (κ2) is 6.50. The fourth-order valence-electron chi connectivity index (χ4n) is 2.00. The maximum Gasteiger partial charge on any atom is 0.140 e. The lowest BCUT2D eigenvalue weighted by Crippen LogP contribution is -2.17. The van der Waals surface area contributed by atoms with Gasteiger partial charge in [0.15, 0.2) is 0 Å². The summed E-state index contributed by atoms with van der Waals surface area (Å²) < 4.78 is 32.9. The molecule has 1 aromatic rings. The molecule has 0 bridgehead atoms. The summed E-state index contributed by atoms with van der Waals surface area (Å²) in [5, 5.41) is 0.239. The molecule has 2 nitrogen and oxygen atoms in total. The van der Waals surface area contributed by atoms with E-state index in [4.69, 9.17) is 10.5 Å². The van der Waals surface area contributed by atoms with Crippen LogP contribution in [0.25, 0.3) is 0 Å². The molecular formula is C13H17F2NOS. The number of nitrogens with two attached hydrogens (primary N) is 1. The number of hydrogen-bond acceptors (Lipinski definition) is 3. The van der Waals surface area contributed by atoms with Crippen LogP contribution in [-0.2, 0) is 11.2 Å². The highest BCUT2D eigenvalue weighted by molar-refractivity contribution is 8.00. The first-order valence-corrected chi connectivity index (χ1v) is 7.01. The fraction of sp³-hybridized carbons (Fsp3) is 0.538. The highest BCUT2D eigenvalue weighted by Crippen LogP contribution is 2.34. The summed E-state index contributed by atoms with van der Waals surface area (Å²) >= 11 is 1.28. The van der Waals surface area contributed by atoms with E-state index in [0.717, 1.165) is 12.8 Å². The van der Waals surface area contributed by atoms with Gasteiger partial charge in [0.05, 0.1) is 4.90 Å². The SMILES string of the molecule is NCCc1cc(F)c(SC2CCOCC2)c(F)c1. The van der Waals surface area contributed by atoms with E-state index >= 15 is 0 Å². The average molecular weight is 273 g/mol. The molecule has 5 heteroatoms. The molecule has 1 aliphatic rings. The standard InChI is InChI=1S/C13H17F2NOS/c14-11-7-9(1-4-16)8-12(15)13(11)18-10-2-5-17-6-3-10/h7-8,10H,1-6,16H2. The molecule has 18 heavy (non-hydrogen) atoms. The van der Waals surface area contributed by atoms with Gasteiger partial charge in [-0.1, -0.05) is 0 Å². The van der Waals surface area contributed by atoms with Crippen molar-refractivity contribution < 1.29 is 13.5 Å². The minimum absolute atomic E-state index is 0.127. The maximum atomic E-state index is 13.9. The van der Waals surface area contributed by atoms with Crippen molar-refractivity contribution in [3.05, 3.63) is 29.3 Å². The largest absolute Gasteiger partial charge is 0.381 e. The quantitative estimate of drug-likeness (QED) is 0.916. The van der Waals surface area contributed by atoms with Gasteiger partial charge in [0.1, 0.15) is 11.6 Å². The predicted octanol–water partition coefficient (Wildman–Crippen LogP) is 2.74. The zero-order chi connectivity index (χ0) is 13.0. The monoisotopic (exact) mass is 273 g/mol. The molecular weight excluding hydrogens is 256 g/mol. The van der Waals surface area contributed by atoms with Gasteiger partial charge >= 0.3 is 0 Å². The van der Waals surface area contributed by atoms with E-state index in [1.54, 1.807) is 0 Å². The van der Waals surface area contributed by atoms with Crippen LogP contribution in [0, 0.1) is 11.6 Å². The van der Waals surface area contributed by atoms with Crippen molar-refractivity contribution in [3.8, 4) is 0 Å². The molecule has 1 aliphatic heterocycles. The van der Waals surface area contributed by atoms with Crippen LogP contribution in [0.15, 0.2) is 17.0 Å². The van der Waals surface area contributed by atoms with Crippen molar-refractivity contribution in [1.82, 2.24) is 0 Å². The minimum atomic E-state index is -0.477. The predicted molar refractivity (Wildman–Crippen MR) is 68.8 cm³/mol. The molecule has 0 amide bonds. The van der Waals surface area contributed by atoms with Crippen LogP contribution >= 0.6 is 11.8 Å². The molecule has 1 aromatic carbocycles. The Hall–Kier alpha value is -0.650. The van der Waals surface area contributed by atoms with E-state index in [-0.39, 0.29) is 10.1 Å². The van der Waals surface area contributed by atoms with E-state index in [1.807, 2.05) is 0 Å². The molecule has 0 saturated carbocycles. The minimum Gasteiger partial charge on any atom is -0.381 e. The Morgan fingerprint density at radius 1 is 1.22 bits per heavy atom. The van der Waals surface area contributed by atoms with Crippen LogP contribution in [-0.4, -0.2) is 25.0 Å². The molecule has 2 rings (SSSR count). The van der Waals surface area contributed by atoms with Crippen molar-refractivity contribution in [3.63, 3.8) is 0 Å². The van der Waals surface area contributed by atoms with Crippen molar-refractivity contribution >= 4 is 11.8 Å². The van der Waals surface area contributed by atoms with Crippen molar-refractivity contribution in [1.29, 1.82) is 0 Å². The van der Waals surface area contributed by atoms with Crippen LogP contribution in [0.5, 0.6) is 0 Å². The topological polar surface area (TPSA) is 35.2 Å². The number of benzene rings is 1. The summed E-state index contributed by atoms with van der Waals surface area (Å²) in [6.07, 6.45) is 2.18. The van der Waals surface area contributed by atoms with Crippen LogP contribution in [0.1, 0.15) is 18.4 Å². The number of ether oxygens (including phenoxy) is 1. The van der Waals surface area contributed by atoms with Crippen LogP contribution in [0.4, 0.5) is 8.78 Å². The zero-order valence-electron chi connectivity index (χ0n) is 10.1. The second-order valence-corrected chi connectivity index (χ2v) is 5.67. The first kappa shape index (κ1) is 13.8. The summed E-state index contributed by atoms with van der Waals surface area (Å²) in [7, 11) is 0. The first-order chi connectivity index (χ1) is 8.70. The lowest BCUT2D eigenvalue weighted by Gasteiger charge is -2.22. The van der Waals surface area contributed by atoms with Gasteiger partial charge in [-0.05, 0) is 43.5 Å². The Labute approximate surface area is 110 Å². The second-order valence-electron chi connectivity index (χ2n) is 4.36. The van der Waals surface area contributed by atoms with E-state index in [1.165, 1.54) is 23.9 Å². The van der Waals surface area contributed by atoms with Gasteiger partial charge in [0.2, 0.25) is 0 Å². The normalized spacial score (nSPS) is 17.1. The van der Waals surface area contributed by atoms with Gasteiger partial charge in [0.25, 0.3) is 0 Å². The number of halogens is 2. The smallest absolute Gasteiger partial charge is 0.140 e. The highest BCUT2D eigenvalue weighted by Gasteiger charge is 2.20. The Kier molecular flexibility index (Phi) is 4.97. The van der Waals surface area contributed by atoms with Crippen LogP contribution in [0.3, 0.4) is 0 Å². The van der Waals surface area contributed by atoms with Crippen LogP contribution < -0.4 is 5.73 Å². The molecule has 0 atom stereocenters. The lowest BCUT2D eigenvalue weighted by molar-refractivity contribution is 0.1000. The number of thioether (sulfide) groups is 1. The van der Waals surface area contributed by atoms with E-state index < -0.39 is 11.6 Å². The van der Waals surface area contributed by atoms with Gasteiger partial charge in [-0.25, -0.2) is 8.78 Å². The van der Waals surface area contributed by atoms with E-state index in [2.05, 4.69) is 0 Å². The Bertz CT molecular complexity index is 385. The van der Waals surface area contributed by atoms with Crippen molar-refractivity contribution in [2.45, 2.75) is 29.4 Å². The molecule has 1 saturated heterocycles. The first-order valence-electron chi connectivity index (χ1n) is 6.13. The Morgan fingerprint density at radius 2 is 1.83 bits per heavy atom. The Morgan fingerprint density at radius 3 is 2.39 bits per heavy atom. The number of hydrogen-bond donors (Lipinski definition) is 1. The van der Waals surface area contributed by atoms with Gasteiger partial charge in [-0.15, -0.1) is 11.8 Å². The lowest BCUT2D eigenvalue weighted by atomic mass is 10.1.